The Bertz CT molecular complexity index is 329. The van der Waals surface area contributed by atoms with E-state index in [1.165, 1.54) is 20.8 Å². The second-order valence-corrected chi connectivity index (χ2v) is 8.23. The minimum atomic E-state index is -4.70. The maximum atomic E-state index is 13.3. The Morgan fingerprint density at radius 1 is 1.25 bits per heavy atom. The second-order valence-electron chi connectivity index (χ2n) is 6.23. The van der Waals surface area contributed by atoms with Crippen molar-refractivity contribution in [3.63, 3.8) is 0 Å². The quantitative estimate of drug-likeness (QED) is 0.634. The van der Waals surface area contributed by atoms with Crippen LogP contribution in [-0.2, 0) is 11.4 Å². The summed E-state index contributed by atoms with van der Waals surface area (Å²) in [6.07, 6.45) is -5.77. The molecule has 1 aliphatic rings. The Labute approximate surface area is 118 Å². The molecule has 1 fully saturated rings. The van der Waals surface area contributed by atoms with E-state index in [2.05, 4.69) is 0 Å². The van der Waals surface area contributed by atoms with Gasteiger partial charge in [0.2, 0.25) is 5.92 Å². The fourth-order valence-electron chi connectivity index (χ4n) is 2.22. The summed E-state index contributed by atoms with van der Waals surface area (Å²) in [6.45, 7) is 4.58. The van der Waals surface area contributed by atoms with Gasteiger partial charge in [0.15, 0.2) is 6.04 Å². The van der Waals surface area contributed by atoms with Crippen LogP contribution in [0.5, 0.6) is 0 Å². The molecule has 1 unspecified atom stereocenters. The zero-order chi connectivity index (χ0) is 15.8. The molecule has 0 aromatic carbocycles. The van der Waals surface area contributed by atoms with E-state index in [4.69, 9.17) is 0 Å². The zero-order valence-electron chi connectivity index (χ0n) is 11.7. The van der Waals surface area contributed by atoms with Crippen LogP contribution in [0, 0.1) is 5.92 Å². The Balaban J connectivity index is 2.85. The third-order valence-electron chi connectivity index (χ3n) is 3.29. The minimum absolute atomic E-state index is 0.0497. The van der Waals surface area contributed by atoms with Crippen molar-refractivity contribution in [3.8, 4) is 0 Å². The van der Waals surface area contributed by atoms with Gasteiger partial charge in [-0.2, -0.15) is 13.2 Å². The molecular formula is C12H20F5NOS. The number of rotatable bonds is 3. The van der Waals surface area contributed by atoms with Crippen LogP contribution < -0.4 is 4.72 Å². The molecule has 0 aliphatic heterocycles. The molecule has 3 atom stereocenters. The molecule has 1 saturated carbocycles. The molecule has 20 heavy (non-hydrogen) atoms. The highest BCUT2D eigenvalue weighted by Crippen LogP contribution is 2.42. The van der Waals surface area contributed by atoms with Crippen molar-refractivity contribution in [1.82, 2.24) is 4.72 Å². The molecule has 2 nitrogen and oxygen atoms in total. The van der Waals surface area contributed by atoms with E-state index in [0.717, 1.165) is 0 Å². The fraction of sp³-hybridized carbons (Fsp3) is 1.00. The van der Waals surface area contributed by atoms with Crippen molar-refractivity contribution >= 4 is 11.4 Å². The van der Waals surface area contributed by atoms with Crippen molar-refractivity contribution in [2.45, 2.75) is 69.3 Å². The van der Waals surface area contributed by atoms with Gasteiger partial charge < -0.3 is 4.55 Å². The van der Waals surface area contributed by atoms with Gasteiger partial charge in [0.05, 0.1) is 0 Å². The molecular weight excluding hydrogens is 301 g/mol. The molecule has 0 amide bonds. The minimum Gasteiger partial charge on any atom is -0.598 e. The van der Waals surface area contributed by atoms with Gasteiger partial charge in [-0.05, 0) is 39.5 Å². The summed E-state index contributed by atoms with van der Waals surface area (Å²) in [7, 11) is 0. The monoisotopic (exact) mass is 321 g/mol. The van der Waals surface area contributed by atoms with Gasteiger partial charge in [-0.25, -0.2) is 8.78 Å². The number of alkyl halides is 5. The summed E-state index contributed by atoms with van der Waals surface area (Å²) in [5, 5.41) is 0. The van der Waals surface area contributed by atoms with Gasteiger partial charge in [-0.3, -0.25) is 0 Å². The molecule has 8 heteroatoms. The SMILES string of the molecule is CC(C)(C)[S@@+]([O-])N[C@@H](C1CCCC(F)(F)C1)C(F)(F)F. The molecule has 0 saturated heterocycles. The lowest BCUT2D eigenvalue weighted by Gasteiger charge is -2.37. The molecule has 120 valence electrons. The van der Waals surface area contributed by atoms with Crippen LogP contribution in [0.1, 0.15) is 46.5 Å². The lowest BCUT2D eigenvalue weighted by molar-refractivity contribution is -0.175. The molecule has 0 spiro atoms. The van der Waals surface area contributed by atoms with E-state index in [-0.39, 0.29) is 19.3 Å². The van der Waals surface area contributed by atoms with E-state index in [9.17, 15) is 26.5 Å². The van der Waals surface area contributed by atoms with Crippen molar-refractivity contribution < 1.29 is 26.5 Å². The fourth-order valence-corrected chi connectivity index (χ4v) is 3.13. The first-order valence-electron chi connectivity index (χ1n) is 6.45. The largest absolute Gasteiger partial charge is 0.598 e. The average Bonchev–Trinajstić information content (AvgIpc) is 2.20. The van der Waals surface area contributed by atoms with Crippen LogP contribution in [0.4, 0.5) is 22.0 Å². The molecule has 0 aromatic rings. The van der Waals surface area contributed by atoms with E-state index in [0.29, 0.717) is 0 Å². The summed E-state index contributed by atoms with van der Waals surface area (Å²) in [4.78, 5) is 0. The molecule has 0 heterocycles. The van der Waals surface area contributed by atoms with Crippen LogP contribution >= 0.6 is 0 Å². The summed E-state index contributed by atoms with van der Waals surface area (Å²) < 4.78 is 78.8. The van der Waals surface area contributed by atoms with Crippen LogP contribution in [0.15, 0.2) is 0 Å². The smallest absolute Gasteiger partial charge is 0.408 e. The normalized spacial score (nSPS) is 27.1. The number of hydrogen-bond acceptors (Lipinski definition) is 2. The highest BCUT2D eigenvalue weighted by atomic mass is 32.2. The van der Waals surface area contributed by atoms with Gasteiger partial charge in [-0.15, -0.1) is 4.72 Å². The molecule has 1 N–H and O–H groups in total. The second kappa shape index (κ2) is 5.96. The topological polar surface area (TPSA) is 35.1 Å². The molecule has 1 aliphatic carbocycles. The first-order valence-corrected chi connectivity index (χ1v) is 7.60. The highest BCUT2D eigenvalue weighted by Gasteiger charge is 2.52. The molecule has 0 bridgehead atoms. The number of hydrogen-bond donors (Lipinski definition) is 1. The Kier molecular flexibility index (Phi) is 5.36. The Morgan fingerprint density at radius 3 is 2.20 bits per heavy atom. The van der Waals surface area contributed by atoms with Crippen molar-refractivity contribution in [1.29, 1.82) is 0 Å². The summed E-state index contributed by atoms with van der Waals surface area (Å²) in [6, 6.07) is -2.16. The lowest BCUT2D eigenvalue weighted by Crippen LogP contribution is -2.55. The van der Waals surface area contributed by atoms with Crippen molar-refractivity contribution in [3.05, 3.63) is 0 Å². The average molecular weight is 321 g/mol. The molecule has 0 aromatic heterocycles. The number of nitrogens with one attached hydrogen (secondary N) is 1. The van der Waals surface area contributed by atoms with Crippen LogP contribution in [-0.4, -0.2) is 27.4 Å². The summed E-state index contributed by atoms with van der Waals surface area (Å²) >= 11 is -1.96. The van der Waals surface area contributed by atoms with E-state index >= 15 is 0 Å². The van der Waals surface area contributed by atoms with Crippen LogP contribution in [0.3, 0.4) is 0 Å². The van der Waals surface area contributed by atoms with Crippen molar-refractivity contribution in [2.24, 2.45) is 5.92 Å². The first kappa shape index (κ1) is 18.0. The third-order valence-corrected chi connectivity index (χ3v) is 4.87. The van der Waals surface area contributed by atoms with Gasteiger partial charge in [0.1, 0.15) is 4.75 Å². The Hall–Kier alpha value is -0.0800. The predicted molar refractivity (Wildman–Crippen MR) is 67.8 cm³/mol. The van der Waals surface area contributed by atoms with E-state index in [1.807, 2.05) is 4.72 Å². The number of halogens is 5. The maximum Gasteiger partial charge on any atom is 0.408 e. The van der Waals surface area contributed by atoms with Gasteiger partial charge in [0.25, 0.3) is 0 Å². The van der Waals surface area contributed by atoms with Crippen LogP contribution in [0.2, 0.25) is 0 Å². The van der Waals surface area contributed by atoms with Gasteiger partial charge in [0, 0.05) is 24.2 Å². The van der Waals surface area contributed by atoms with E-state index < -0.39 is 46.6 Å². The highest BCUT2D eigenvalue weighted by molar-refractivity contribution is 7.90. The predicted octanol–water partition coefficient (Wildman–Crippen LogP) is 3.79. The van der Waals surface area contributed by atoms with Crippen LogP contribution in [0.25, 0.3) is 0 Å². The lowest BCUT2D eigenvalue weighted by atomic mass is 9.82. The molecule has 0 radical (unpaired) electrons. The summed E-state index contributed by atoms with van der Waals surface area (Å²) in [5.74, 6) is -4.32. The first-order chi connectivity index (χ1) is 8.83. The van der Waals surface area contributed by atoms with Gasteiger partial charge in [-0.1, -0.05) is 0 Å². The summed E-state index contributed by atoms with van der Waals surface area (Å²) in [5.41, 5.74) is 0. The Morgan fingerprint density at radius 2 is 1.80 bits per heavy atom. The zero-order valence-corrected chi connectivity index (χ0v) is 12.5. The maximum absolute atomic E-state index is 13.3. The molecule has 1 rings (SSSR count). The third kappa shape index (κ3) is 5.04. The standard InChI is InChI=1S/C12H20F5NOS/c1-10(2,3)20(19)18-9(12(15,16)17)8-5-4-6-11(13,14)7-8/h8-9,18H,4-7H2,1-3H3/t8?,9-,20+/m0/s1. The van der Waals surface area contributed by atoms with Gasteiger partial charge >= 0.3 is 6.18 Å². The van der Waals surface area contributed by atoms with Crippen molar-refractivity contribution in [2.75, 3.05) is 0 Å². The van der Waals surface area contributed by atoms with E-state index in [1.54, 1.807) is 0 Å².